The van der Waals surface area contributed by atoms with Crippen molar-refractivity contribution in [3.8, 4) is 5.75 Å². The number of benzene rings is 1. The van der Waals surface area contributed by atoms with E-state index in [1.807, 2.05) is 0 Å². The predicted octanol–water partition coefficient (Wildman–Crippen LogP) is 1.98. The van der Waals surface area contributed by atoms with Gasteiger partial charge in [-0.15, -0.1) is 0 Å². The molecule has 1 aromatic rings. The minimum absolute atomic E-state index is 0.137. The average Bonchev–Trinajstić information content (AvgIpc) is 2.54. The van der Waals surface area contributed by atoms with Gasteiger partial charge in [-0.2, -0.15) is 0 Å². The zero-order valence-corrected chi connectivity index (χ0v) is 12.5. The highest BCUT2D eigenvalue weighted by atomic mass is 16.6. The molecular formula is C14H18N2O6. The molecule has 0 saturated carbocycles. The topological polar surface area (TPSA) is 99.9 Å². The Bertz CT molecular complexity index is 569. The predicted molar refractivity (Wildman–Crippen MR) is 78.5 cm³/mol. The van der Waals surface area contributed by atoms with E-state index in [2.05, 4.69) is 10.1 Å². The SMILES string of the molecule is COC(=O)c1cc(OC)c(NC2CCOCC2)cc1[N+](=O)[O-]. The minimum Gasteiger partial charge on any atom is -0.495 e. The number of esters is 1. The van der Waals surface area contributed by atoms with Crippen molar-refractivity contribution in [2.24, 2.45) is 0 Å². The highest BCUT2D eigenvalue weighted by molar-refractivity contribution is 5.95. The van der Waals surface area contributed by atoms with Gasteiger partial charge in [0.2, 0.25) is 0 Å². The van der Waals surface area contributed by atoms with E-state index in [0.717, 1.165) is 12.8 Å². The Labute approximate surface area is 127 Å². The molecule has 2 rings (SSSR count). The van der Waals surface area contributed by atoms with Crippen molar-refractivity contribution in [3.05, 3.63) is 27.8 Å². The van der Waals surface area contributed by atoms with Gasteiger partial charge in [-0.3, -0.25) is 10.1 Å². The molecule has 120 valence electrons. The van der Waals surface area contributed by atoms with E-state index in [0.29, 0.717) is 24.7 Å². The molecule has 8 heteroatoms. The molecule has 1 aliphatic heterocycles. The Morgan fingerprint density at radius 2 is 2.05 bits per heavy atom. The van der Waals surface area contributed by atoms with Crippen LogP contribution in [0.4, 0.5) is 11.4 Å². The molecule has 0 aromatic heterocycles. The van der Waals surface area contributed by atoms with Gasteiger partial charge in [0.05, 0.1) is 24.8 Å². The third kappa shape index (κ3) is 3.45. The number of ether oxygens (including phenoxy) is 3. The first-order chi connectivity index (χ1) is 10.6. The summed E-state index contributed by atoms with van der Waals surface area (Å²) in [5.41, 5.74) is 0.0258. The van der Waals surface area contributed by atoms with Crippen LogP contribution in [0.15, 0.2) is 12.1 Å². The lowest BCUT2D eigenvalue weighted by Crippen LogP contribution is -2.28. The number of methoxy groups -OCH3 is 2. The summed E-state index contributed by atoms with van der Waals surface area (Å²) in [7, 11) is 2.62. The molecule has 1 saturated heterocycles. The lowest BCUT2D eigenvalue weighted by Gasteiger charge is -2.25. The molecule has 0 unspecified atom stereocenters. The number of nitrogens with one attached hydrogen (secondary N) is 1. The van der Waals surface area contributed by atoms with E-state index in [1.165, 1.54) is 26.4 Å². The Morgan fingerprint density at radius 1 is 1.36 bits per heavy atom. The Morgan fingerprint density at radius 3 is 2.59 bits per heavy atom. The number of carbonyl (C=O) groups is 1. The van der Waals surface area contributed by atoms with E-state index in [9.17, 15) is 14.9 Å². The van der Waals surface area contributed by atoms with Gasteiger partial charge in [0.15, 0.2) is 0 Å². The van der Waals surface area contributed by atoms with Gasteiger partial charge >= 0.3 is 5.97 Å². The molecule has 8 nitrogen and oxygen atoms in total. The van der Waals surface area contributed by atoms with Crippen LogP contribution in [0.1, 0.15) is 23.2 Å². The van der Waals surface area contributed by atoms with Gasteiger partial charge < -0.3 is 19.5 Å². The van der Waals surface area contributed by atoms with Crippen molar-refractivity contribution in [2.45, 2.75) is 18.9 Å². The molecule has 1 N–H and O–H groups in total. The molecule has 0 spiro atoms. The zero-order valence-electron chi connectivity index (χ0n) is 12.5. The smallest absolute Gasteiger partial charge is 0.345 e. The lowest BCUT2D eigenvalue weighted by molar-refractivity contribution is -0.385. The quantitative estimate of drug-likeness (QED) is 0.504. The summed E-state index contributed by atoms with van der Waals surface area (Å²) >= 11 is 0. The number of carbonyl (C=O) groups excluding carboxylic acids is 1. The van der Waals surface area contributed by atoms with Crippen molar-refractivity contribution >= 4 is 17.3 Å². The molecular weight excluding hydrogens is 292 g/mol. The van der Waals surface area contributed by atoms with Gasteiger partial charge in [-0.25, -0.2) is 4.79 Å². The molecule has 0 bridgehead atoms. The first kappa shape index (κ1) is 16.0. The van der Waals surface area contributed by atoms with Crippen LogP contribution in [0.25, 0.3) is 0 Å². The highest BCUT2D eigenvalue weighted by Crippen LogP contribution is 2.34. The summed E-state index contributed by atoms with van der Waals surface area (Å²) < 4.78 is 15.1. The van der Waals surface area contributed by atoms with Crippen LogP contribution in [0.3, 0.4) is 0 Å². The summed E-state index contributed by atoms with van der Waals surface area (Å²) in [6, 6.07) is 2.78. The normalized spacial score (nSPS) is 15.2. The molecule has 1 heterocycles. The molecule has 0 aliphatic carbocycles. The Balaban J connectivity index is 2.37. The first-order valence-electron chi connectivity index (χ1n) is 6.85. The van der Waals surface area contributed by atoms with E-state index < -0.39 is 10.9 Å². The van der Waals surface area contributed by atoms with Crippen LogP contribution in [0.2, 0.25) is 0 Å². The van der Waals surface area contributed by atoms with Crippen LogP contribution in [-0.4, -0.2) is 44.4 Å². The lowest BCUT2D eigenvalue weighted by atomic mass is 10.1. The van der Waals surface area contributed by atoms with Crippen molar-refractivity contribution in [1.82, 2.24) is 0 Å². The summed E-state index contributed by atoms with van der Waals surface area (Å²) in [4.78, 5) is 22.3. The van der Waals surface area contributed by atoms with Gasteiger partial charge in [-0.1, -0.05) is 0 Å². The number of nitro groups is 1. The maximum absolute atomic E-state index is 11.7. The fourth-order valence-electron chi connectivity index (χ4n) is 2.34. The number of nitrogens with zero attached hydrogens (tertiary/aromatic N) is 1. The second-order valence-electron chi connectivity index (χ2n) is 4.85. The van der Waals surface area contributed by atoms with E-state index in [-0.39, 0.29) is 17.3 Å². The maximum Gasteiger partial charge on any atom is 0.345 e. The largest absolute Gasteiger partial charge is 0.495 e. The fourth-order valence-corrected chi connectivity index (χ4v) is 2.34. The molecule has 0 atom stereocenters. The highest BCUT2D eigenvalue weighted by Gasteiger charge is 2.25. The second-order valence-corrected chi connectivity index (χ2v) is 4.85. The maximum atomic E-state index is 11.7. The third-order valence-corrected chi connectivity index (χ3v) is 3.50. The van der Waals surface area contributed by atoms with Crippen molar-refractivity contribution < 1.29 is 23.9 Å². The van der Waals surface area contributed by atoms with Crippen LogP contribution in [0, 0.1) is 10.1 Å². The van der Waals surface area contributed by atoms with Gasteiger partial charge in [-0.05, 0) is 12.8 Å². The van der Waals surface area contributed by atoms with Crippen LogP contribution < -0.4 is 10.1 Å². The van der Waals surface area contributed by atoms with Crippen LogP contribution in [-0.2, 0) is 9.47 Å². The molecule has 1 aromatic carbocycles. The van der Waals surface area contributed by atoms with Crippen LogP contribution in [0.5, 0.6) is 5.75 Å². The van der Waals surface area contributed by atoms with Crippen molar-refractivity contribution in [3.63, 3.8) is 0 Å². The molecule has 0 amide bonds. The molecule has 0 radical (unpaired) electrons. The number of rotatable bonds is 5. The summed E-state index contributed by atoms with van der Waals surface area (Å²) in [5.74, 6) is -0.417. The average molecular weight is 310 g/mol. The third-order valence-electron chi connectivity index (χ3n) is 3.50. The van der Waals surface area contributed by atoms with Gasteiger partial charge in [0, 0.05) is 31.4 Å². The number of nitro benzene ring substituents is 1. The summed E-state index contributed by atoms with van der Waals surface area (Å²) in [6.45, 7) is 1.28. The van der Waals surface area contributed by atoms with Crippen LogP contribution >= 0.6 is 0 Å². The summed E-state index contributed by atoms with van der Waals surface area (Å²) in [6.07, 6.45) is 1.60. The second kappa shape index (κ2) is 7.08. The number of anilines is 1. The molecule has 1 aliphatic rings. The number of hydrogen-bond acceptors (Lipinski definition) is 7. The first-order valence-corrected chi connectivity index (χ1v) is 6.85. The zero-order chi connectivity index (χ0) is 16.1. The Kier molecular flexibility index (Phi) is 5.16. The number of hydrogen-bond donors (Lipinski definition) is 1. The Hall–Kier alpha value is -2.35. The van der Waals surface area contributed by atoms with Crippen molar-refractivity contribution in [2.75, 3.05) is 32.8 Å². The van der Waals surface area contributed by atoms with E-state index in [1.54, 1.807) is 0 Å². The standard InChI is InChI=1S/C14H18N2O6/c1-20-13-7-10(14(17)21-2)12(16(18)19)8-11(13)15-9-3-5-22-6-4-9/h7-9,15H,3-6H2,1-2H3. The van der Waals surface area contributed by atoms with Crippen molar-refractivity contribution in [1.29, 1.82) is 0 Å². The van der Waals surface area contributed by atoms with E-state index in [4.69, 9.17) is 9.47 Å². The van der Waals surface area contributed by atoms with Gasteiger partial charge in [0.1, 0.15) is 11.3 Å². The fraction of sp³-hybridized carbons (Fsp3) is 0.500. The monoisotopic (exact) mass is 310 g/mol. The minimum atomic E-state index is -0.775. The molecule has 1 fully saturated rings. The van der Waals surface area contributed by atoms with E-state index >= 15 is 0 Å². The van der Waals surface area contributed by atoms with Gasteiger partial charge in [0.25, 0.3) is 5.69 Å². The summed E-state index contributed by atoms with van der Waals surface area (Å²) in [5, 5.41) is 14.4. The molecule has 22 heavy (non-hydrogen) atoms.